The van der Waals surface area contributed by atoms with Crippen LogP contribution in [0, 0.1) is 0 Å². The van der Waals surface area contributed by atoms with Gasteiger partial charge in [-0.3, -0.25) is 9.59 Å². The van der Waals surface area contributed by atoms with Crippen molar-refractivity contribution in [1.82, 2.24) is 0 Å². The number of benzene rings is 1. The monoisotopic (exact) mass is 255 g/mol. The van der Waals surface area contributed by atoms with Crippen LogP contribution >= 0.6 is 16.1 Å². The maximum absolute atomic E-state index is 11.0. The Morgan fingerprint density at radius 2 is 1.64 bits per heavy atom. The molecule has 14 heavy (non-hydrogen) atoms. The van der Waals surface area contributed by atoms with Gasteiger partial charge in [0.2, 0.25) is 5.91 Å². The SMILES string of the molecule is CC(=O)c1ccc(N(Br)C(C)=O)cc1. The van der Waals surface area contributed by atoms with Gasteiger partial charge in [0.25, 0.3) is 0 Å². The molecule has 1 aromatic rings. The molecule has 0 spiro atoms. The highest BCUT2D eigenvalue weighted by Crippen LogP contribution is 2.18. The molecule has 0 aliphatic carbocycles. The molecule has 4 heteroatoms. The Morgan fingerprint density at radius 3 is 2.00 bits per heavy atom. The summed E-state index contributed by atoms with van der Waals surface area (Å²) in [6.45, 7) is 2.96. The third kappa shape index (κ3) is 2.42. The van der Waals surface area contributed by atoms with Gasteiger partial charge in [0.15, 0.2) is 5.78 Å². The Kier molecular flexibility index (Phi) is 3.41. The summed E-state index contributed by atoms with van der Waals surface area (Å²) in [6, 6.07) is 6.81. The van der Waals surface area contributed by atoms with Crippen molar-refractivity contribution in [3.63, 3.8) is 0 Å². The zero-order valence-electron chi connectivity index (χ0n) is 7.95. The number of ketones is 1. The third-order valence-corrected chi connectivity index (χ3v) is 2.69. The van der Waals surface area contributed by atoms with Crippen molar-refractivity contribution in [2.24, 2.45) is 0 Å². The minimum Gasteiger partial charge on any atom is -0.295 e. The summed E-state index contributed by atoms with van der Waals surface area (Å²) in [5.74, 6) is -0.0962. The molecule has 1 amide bonds. The summed E-state index contributed by atoms with van der Waals surface area (Å²) in [5, 5.41) is 0. The maximum atomic E-state index is 11.0. The van der Waals surface area contributed by atoms with Crippen LogP contribution in [0.5, 0.6) is 0 Å². The highest BCUT2D eigenvalue weighted by molar-refractivity contribution is 9.10. The summed E-state index contributed by atoms with van der Waals surface area (Å²) < 4.78 is 1.34. The quantitative estimate of drug-likeness (QED) is 0.602. The minimum atomic E-state index is -0.111. The van der Waals surface area contributed by atoms with Gasteiger partial charge in [-0.1, -0.05) is 0 Å². The first-order valence-corrected chi connectivity index (χ1v) is 4.81. The number of Topliss-reactive ketones (excluding diaryl/α,β-unsaturated/α-hetero) is 1. The first kappa shape index (κ1) is 10.9. The van der Waals surface area contributed by atoms with Crippen molar-refractivity contribution < 1.29 is 9.59 Å². The van der Waals surface area contributed by atoms with Crippen LogP contribution in [-0.4, -0.2) is 11.7 Å². The van der Waals surface area contributed by atoms with E-state index in [9.17, 15) is 9.59 Å². The van der Waals surface area contributed by atoms with E-state index in [-0.39, 0.29) is 11.7 Å². The van der Waals surface area contributed by atoms with E-state index in [0.717, 1.165) is 0 Å². The van der Waals surface area contributed by atoms with Crippen LogP contribution in [0.15, 0.2) is 24.3 Å². The Hall–Kier alpha value is -1.16. The molecule has 0 radical (unpaired) electrons. The molecule has 0 atom stereocenters. The Morgan fingerprint density at radius 1 is 1.14 bits per heavy atom. The number of hydrogen-bond donors (Lipinski definition) is 0. The summed E-state index contributed by atoms with van der Waals surface area (Å²) in [5.41, 5.74) is 1.35. The fourth-order valence-corrected chi connectivity index (χ4v) is 1.25. The van der Waals surface area contributed by atoms with E-state index in [1.165, 1.54) is 17.8 Å². The summed E-state index contributed by atoms with van der Waals surface area (Å²) >= 11 is 3.11. The second-order valence-electron chi connectivity index (χ2n) is 2.90. The van der Waals surface area contributed by atoms with Gasteiger partial charge in [-0.25, -0.2) is 3.93 Å². The predicted molar refractivity (Wildman–Crippen MR) is 58.5 cm³/mol. The predicted octanol–water partition coefficient (Wildman–Crippen LogP) is 2.55. The van der Waals surface area contributed by atoms with Crippen molar-refractivity contribution in [2.75, 3.05) is 3.93 Å². The van der Waals surface area contributed by atoms with Crippen molar-refractivity contribution >= 4 is 33.5 Å². The lowest BCUT2D eigenvalue weighted by molar-refractivity contribution is -0.115. The van der Waals surface area contributed by atoms with E-state index in [1.54, 1.807) is 24.3 Å². The third-order valence-electron chi connectivity index (χ3n) is 1.78. The second kappa shape index (κ2) is 4.37. The normalized spacial score (nSPS) is 9.64. The number of carbonyl (C=O) groups excluding carboxylic acids is 2. The molecule has 0 unspecified atom stereocenters. The average Bonchev–Trinajstić information content (AvgIpc) is 2.16. The van der Waals surface area contributed by atoms with E-state index in [1.807, 2.05) is 0 Å². The van der Waals surface area contributed by atoms with Crippen LogP contribution in [0.4, 0.5) is 5.69 Å². The lowest BCUT2D eigenvalue weighted by Crippen LogP contribution is -2.15. The second-order valence-corrected chi connectivity index (χ2v) is 3.61. The lowest BCUT2D eigenvalue weighted by atomic mass is 10.1. The molecule has 3 nitrogen and oxygen atoms in total. The fourth-order valence-electron chi connectivity index (χ4n) is 1.01. The molecule has 0 aromatic heterocycles. The highest BCUT2D eigenvalue weighted by Gasteiger charge is 2.07. The minimum absolute atomic E-state index is 0.0143. The number of halogens is 1. The molecule has 0 heterocycles. The summed E-state index contributed by atoms with van der Waals surface area (Å²) in [4.78, 5) is 21.9. The average molecular weight is 256 g/mol. The molecule has 0 saturated heterocycles. The fraction of sp³-hybridized carbons (Fsp3) is 0.200. The molecule has 0 N–H and O–H groups in total. The number of amides is 1. The molecule has 1 rings (SSSR count). The Bertz CT molecular complexity index is 359. The van der Waals surface area contributed by atoms with Gasteiger partial charge in [0.05, 0.1) is 21.8 Å². The van der Waals surface area contributed by atoms with E-state index >= 15 is 0 Å². The molecule has 1 aromatic carbocycles. The standard InChI is InChI=1S/C10H10BrNO2/c1-7(13)9-3-5-10(6-4-9)12(11)8(2)14/h3-6H,1-2H3. The van der Waals surface area contributed by atoms with Crippen molar-refractivity contribution in [3.8, 4) is 0 Å². The zero-order valence-corrected chi connectivity index (χ0v) is 9.54. The first-order valence-electron chi connectivity index (χ1n) is 4.10. The van der Waals surface area contributed by atoms with Crippen molar-refractivity contribution in [3.05, 3.63) is 29.8 Å². The first-order chi connectivity index (χ1) is 6.52. The molecular formula is C10H10BrNO2. The molecule has 0 fully saturated rings. The van der Waals surface area contributed by atoms with Crippen LogP contribution in [0.2, 0.25) is 0 Å². The maximum Gasteiger partial charge on any atom is 0.233 e. The van der Waals surface area contributed by atoms with Gasteiger partial charge in [-0.2, -0.15) is 0 Å². The summed E-state index contributed by atoms with van der Waals surface area (Å²) in [7, 11) is 0. The smallest absolute Gasteiger partial charge is 0.233 e. The molecule has 0 saturated carbocycles. The van der Waals surface area contributed by atoms with Gasteiger partial charge in [0.1, 0.15) is 0 Å². The van der Waals surface area contributed by atoms with Crippen LogP contribution < -0.4 is 3.93 Å². The van der Waals surface area contributed by atoms with Crippen LogP contribution in [0.3, 0.4) is 0 Å². The van der Waals surface area contributed by atoms with E-state index in [4.69, 9.17) is 0 Å². The van der Waals surface area contributed by atoms with Crippen LogP contribution in [-0.2, 0) is 4.79 Å². The molecule has 0 bridgehead atoms. The molecule has 74 valence electrons. The number of anilines is 1. The highest BCUT2D eigenvalue weighted by atomic mass is 79.9. The van der Waals surface area contributed by atoms with E-state index < -0.39 is 0 Å². The van der Waals surface area contributed by atoms with E-state index in [0.29, 0.717) is 11.3 Å². The molecular weight excluding hydrogens is 246 g/mol. The van der Waals surface area contributed by atoms with Crippen LogP contribution in [0.1, 0.15) is 24.2 Å². The number of rotatable bonds is 2. The van der Waals surface area contributed by atoms with Gasteiger partial charge in [-0.05, 0) is 31.2 Å². The van der Waals surface area contributed by atoms with E-state index in [2.05, 4.69) is 16.1 Å². The van der Waals surface area contributed by atoms with Gasteiger partial charge in [-0.15, -0.1) is 0 Å². The molecule has 0 aliphatic heterocycles. The largest absolute Gasteiger partial charge is 0.295 e. The van der Waals surface area contributed by atoms with Gasteiger partial charge >= 0.3 is 0 Å². The van der Waals surface area contributed by atoms with Crippen molar-refractivity contribution in [1.29, 1.82) is 0 Å². The zero-order chi connectivity index (χ0) is 10.7. The number of hydrogen-bond acceptors (Lipinski definition) is 2. The topological polar surface area (TPSA) is 37.4 Å². The Labute approximate surface area is 91.1 Å². The Balaban J connectivity index is 2.94. The lowest BCUT2D eigenvalue weighted by Gasteiger charge is -2.11. The van der Waals surface area contributed by atoms with Crippen LogP contribution in [0.25, 0.3) is 0 Å². The van der Waals surface area contributed by atoms with Gasteiger partial charge < -0.3 is 0 Å². The number of carbonyl (C=O) groups is 2. The number of nitrogens with zero attached hydrogens (tertiary/aromatic N) is 1. The van der Waals surface area contributed by atoms with Crippen molar-refractivity contribution in [2.45, 2.75) is 13.8 Å². The van der Waals surface area contributed by atoms with Gasteiger partial charge in [0, 0.05) is 12.5 Å². The summed E-state index contributed by atoms with van der Waals surface area (Å²) in [6.07, 6.45) is 0. The molecule has 0 aliphatic rings.